The molecule has 8 N–H and O–H groups in total. The van der Waals surface area contributed by atoms with Gasteiger partial charge in [0, 0.05) is 36.3 Å². The number of thioether (sulfide) groups is 2. The number of aliphatic hydroxyl groups excluding tert-OH is 2. The van der Waals surface area contributed by atoms with Gasteiger partial charge in [-0.3, -0.25) is 9.59 Å². The summed E-state index contributed by atoms with van der Waals surface area (Å²) in [5.74, 6) is -0.333. The first-order valence-electron chi connectivity index (χ1n) is 15.7. The number of hydrogen-bond donors (Lipinski definition) is 8. The smallest absolute Gasteiger partial charge is 0.328 e. The average Bonchev–Trinajstić information content (AvgIpc) is 3.03. The Bertz CT molecular complexity index is 1380. The Labute approximate surface area is 300 Å². The van der Waals surface area contributed by atoms with Gasteiger partial charge in [-0.2, -0.15) is 0 Å². The van der Waals surface area contributed by atoms with Crippen LogP contribution in [0.5, 0.6) is 11.5 Å². The number of nitrogens with one attached hydrogen (secondary N) is 4. The monoisotopic (exact) mass is 736 g/mol. The van der Waals surface area contributed by atoms with Gasteiger partial charge in [0.2, 0.25) is 11.8 Å². The lowest BCUT2D eigenvalue weighted by molar-refractivity contribution is -0.134. The third-order valence-corrected chi connectivity index (χ3v) is 8.40. The maximum absolute atomic E-state index is 11.4. The number of carboxylic acids is 2. The zero-order valence-electron chi connectivity index (χ0n) is 29.1. The predicted molar refractivity (Wildman–Crippen MR) is 195 cm³/mol. The van der Waals surface area contributed by atoms with Crippen molar-refractivity contribution in [3.8, 4) is 11.5 Å². The lowest BCUT2D eigenvalue weighted by Crippen LogP contribution is -2.42. The number of fused-ring (bicyclic) bond motifs is 2. The molecule has 2 aromatic carbocycles. The highest BCUT2D eigenvalue weighted by Gasteiger charge is 2.21. The zero-order chi connectivity index (χ0) is 37.5. The van der Waals surface area contributed by atoms with E-state index in [2.05, 4.69) is 21.3 Å². The number of aliphatic hydroxyl groups is 2. The van der Waals surface area contributed by atoms with E-state index in [-0.39, 0.29) is 36.1 Å². The number of β-amino-alcohol motifs (C(OH)–C–C–N with tert-alkyl or cyclic N) is 2. The lowest BCUT2D eigenvalue weighted by atomic mass is 10.1. The molecule has 0 aromatic heterocycles. The van der Waals surface area contributed by atoms with Crippen molar-refractivity contribution in [1.29, 1.82) is 0 Å². The Morgan fingerprint density at radius 1 is 0.740 bits per heavy atom. The zero-order valence-corrected chi connectivity index (χ0v) is 30.7. The van der Waals surface area contributed by atoms with Gasteiger partial charge in [0.15, 0.2) is 0 Å². The molecule has 14 nitrogen and oxygen atoms in total. The van der Waals surface area contributed by atoms with Gasteiger partial charge in [0.25, 0.3) is 0 Å². The topological polar surface area (TPSA) is 216 Å². The summed E-state index contributed by atoms with van der Waals surface area (Å²) < 4.78 is 11.4. The Kier molecular flexibility index (Phi) is 17.1. The quantitative estimate of drug-likeness (QED) is 0.147. The molecule has 0 saturated carbocycles. The van der Waals surface area contributed by atoms with Crippen molar-refractivity contribution in [3.63, 3.8) is 0 Å². The maximum Gasteiger partial charge on any atom is 0.328 e. The van der Waals surface area contributed by atoms with Crippen LogP contribution in [0.15, 0.2) is 58.3 Å². The second-order valence-corrected chi connectivity index (χ2v) is 15.1. The number of anilines is 2. The summed E-state index contributed by atoms with van der Waals surface area (Å²) >= 11 is 2.92. The minimum absolute atomic E-state index is 0.000869. The maximum atomic E-state index is 11.4. The van der Waals surface area contributed by atoms with E-state index in [1.54, 1.807) is 0 Å². The van der Waals surface area contributed by atoms with Crippen LogP contribution >= 0.6 is 23.5 Å². The predicted octanol–water partition coefficient (Wildman–Crippen LogP) is 3.43. The molecule has 2 heterocycles. The average molecular weight is 737 g/mol. The van der Waals surface area contributed by atoms with Crippen LogP contribution in [0.2, 0.25) is 0 Å². The van der Waals surface area contributed by atoms with E-state index in [9.17, 15) is 29.4 Å². The molecule has 0 saturated heterocycles. The molecule has 2 amide bonds. The highest BCUT2D eigenvalue weighted by Crippen LogP contribution is 2.40. The van der Waals surface area contributed by atoms with Gasteiger partial charge in [-0.05, 0) is 65.8 Å². The van der Waals surface area contributed by atoms with Gasteiger partial charge in [0.05, 0.1) is 32.7 Å². The molecule has 2 aliphatic heterocycles. The number of carbonyl (C=O) groups is 4. The molecule has 2 aliphatic rings. The van der Waals surface area contributed by atoms with Gasteiger partial charge in [-0.15, -0.1) is 23.5 Å². The van der Waals surface area contributed by atoms with E-state index >= 15 is 0 Å². The van der Waals surface area contributed by atoms with Crippen molar-refractivity contribution in [1.82, 2.24) is 10.6 Å². The number of carbonyl (C=O) groups excluding carboxylic acids is 2. The first-order chi connectivity index (χ1) is 23.3. The van der Waals surface area contributed by atoms with Gasteiger partial charge < -0.3 is 51.2 Å². The third-order valence-electron chi connectivity index (χ3n) is 6.17. The number of rotatable bonds is 12. The number of ether oxygens (including phenoxy) is 2. The Hall–Kier alpha value is -3.80. The summed E-state index contributed by atoms with van der Waals surface area (Å²) in [4.78, 5) is 43.7. The summed E-state index contributed by atoms with van der Waals surface area (Å²) in [7, 11) is 0. The van der Waals surface area contributed by atoms with Crippen LogP contribution in [0.4, 0.5) is 11.4 Å². The molecule has 16 heteroatoms. The van der Waals surface area contributed by atoms with Gasteiger partial charge in [0.1, 0.15) is 36.9 Å². The Balaban J connectivity index is 0.000000286. The van der Waals surface area contributed by atoms with Gasteiger partial charge in [-0.25, -0.2) is 9.59 Å². The summed E-state index contributed by atoms with van der Waals surface area (Å²) in [6.07, 6.45) is -0.0449. The van der Waals surface area contributed by atoms with Crippen LogP contribution in [-0.4, -0.2) is 105 Å². The fourth-order valence-electron chi connectivity index (χ4n) is 3.88. The summed E-state index contributed by atoms with van der Waals surface area (Å²) in [5, 5.41) is 47.6. The van der Waals surface area contributed by atoms with Crippen LogP contribution in [0, 0.1) is 0 Å². The van der Waals surface area contributed by atoms with E-state index in [4.69, 9.17) is 19.7 Å². The van der Waals surface area contributed by atoms with Crippen LogP contribution in [0.1, 0.15) is 41.5 Å². The highest BCUT2D eigenvalue weighted by molar-refractivity contribution is 8.00. The molecule has 276 valence electrons. The SMILES string of the molecule is CC(C)(C)NCC(O)COc1cccc2c1SCC(=O)N2.CC(C)(C)NCC(O)COc1cccc2c1SCC(=O)N2.O=C(O)/C=C/C(=O)O. The molecular formula is C34H48N4O10S2. The molecule has 2 aromatic rings. The van der Waals surface area contributed by atoms with E-state index in [0.29, 0.717) is 48.2 Å². The Morgan fingerprint density at radius 3 is 1.42 bits per heavy atom. The van der Waals surface area contributed by atoms with Crippen molar-refractivity contribution < 1.29 is 49.1 Å². The van der Waals surface area contributed by atoms with E-state index < -0.39 is 24.1 Å². The third kappa shape index (κ3) is 17.2. The molecule has 2 atom stereocenters. The molecule has 0 spiro atoms. The first kappa shape index (κ1) is 42.4. The normalized spacial score (nSPS) is 15.0. The highest BCUT2D eigenvalue weighted by atomic mass is 32.2. The second-order valence-electron chi connectivity index (χ2n) is 13.1. The summed E-state index contributed by atoms with van der Waals surface area (Å²) in [6.45, 7) is 13.7. The van der Waals surface area contributed by atoms with E-state index in [1.807, 2.05) is 77.9 Å². The van der Waals surface area contributed by atoms with E-state index in [1.165, 1.54) is 23.5 Å². The molecule has 2 unspecified atom stereocenters. The van der Waals surface area contributed by atoms with Crippen LogP contribution in [-0.2, 0) is 19.2 Å². The van der Waals surface area contributed by atoms with Crippen molar-refractivity contribution in [2.75, 3.05) is 48.4 Å². The molecule has 0 aliphatic carbocycles. The van der Waals surface area contributed by atoms with Crippen LogP contribution in [0.25, 0.3) is 0 Å². The van der Waals surface area contributed by atoms with Crippen molar-refractivity contribution in [3.05, 3.63) is 48.6 Å². The molecular weight excluding hydrogens is 689 g/mol. The molecule has 0 radical (unpaired) electrons. The molecule has 50 heavy (non-hydrogen) atoms. The van der Waals surface area contributed by atoms with Crippen molar-refractivity contribution in [2.24, 2.45) is 0 Å². The minimum atomic E-state index is -1.26. The fourth-order valence-corrected chi connectivity index (χ4v) is 5.66. The second kappa shape index (κ2) is 20.1. The molecule has 4 rings (SSSR count). The molecule has 0 fully saturated rings. The standard InChI is InChI=1S/2C15H22N2O3S.C4H4O4/c2*1-15(2,3)16-7-10(18)8-20-12-6-4-5-11-14(12)21-9-13(19)17-11;5-3(6)1-2-4(7)8/h2*4-6,10,16,18H,7-9H2,1-3H3,(H,17,19);1-2H,(H,5,6)(H,7,8)/b;;2-1+. The number of hydrogen-bond acceptors (Lipinski definition) is 12. The summed E-state index contributed by atoms with van der Waals surface area (Å²) in [5.41, 5.74) is 1.48. The number of carboxylic acid groups (broad SMARTS) is 2. The summed E-state index contributed by atoms with van der Waals surface area (Å²) in [6, 6.07) is 11.1. The number of aliphatic carboxylic acids is 2. The van der Waals surface area contributed by atoms with Gasteiger partial charge >= 0.3 is 11.9 Å². The number of amides is 2. The van der Waals surface area contributed by atoms with E-state index in [0.717, 1.165) is 21.2 Å². The Morgan fingerprint density at radius 2 is 1.10 bits per heavy atom. The minimum Gasteiger partial charge on any atom is -0.490 e. The van der Waals surface area contributed by atoms with Crippen molar-refractivity contribution >= 4 is 58.7 Å². The lowest BCUT2D eigenvalue weighted by Gasteiger charge is -2.24. The first-order valence-corrected chi connectivity index (χ1v) is 17.7. The van der Waals surface area contributed by atoms with Crippen LogP contribution in [0.3, 0.4) is 0 Å². The molecule has 0 bridgehead atoms. The number of benzene rings is 2. The van der Waals surface area contributed by atoms with Crippen molar-refractivity contribution in [2.45, 2.75) is 74.6 Å². The van der Waals surface area contributed by atoms with Gasteiger partial charge in [-0.1, -0.05) is 12.1 Å². The fraction of sp³-hybridized carbons (Fsp3) is 0.471. The largest absolute Gasteiger partial charge is 0.490 e. The van der Waals surface area contributed by atoms with Crippen LogP contribution < -0.4 is 30.7 Å².